The van der Waals surface area contributed by atoms with Crippen molar-refractivity contribution >= 4 is 22.9 Å². The van der Waals surface area contributed by atoms with Gasteiger partial charge in [0.15, 0.2) is 5.60 Å². The minimum atomic E-state index is -1.49. The summed E-state index contributed by atoms with van der Waals surface area (Å²) in [6.45, 7) is 5.25. The van der Waals surface area contributed by atoms with Gasteiger partial charge in [0.05, 0.1) is 12.6 Å². The number of amides is 2. The summed E-state index contributed by atoms with van der Waals surface area (Å²) in [6, 6.07) is 7.24. The zero-order valence-electron chi connectivity index (χ0n) is 15.4. The molecule has 0 radical (unpaired) electrons. The number of hydrogen-bond acceptors (Lipinski definition) is 4. The lowest BCUT2D eigenvalue weighted by Crippen LogP contribution is -2.55. The molecule has 26 heavy (non-hydrogen) atoms. The fraction of sp³-hybridized carbons (Fsp3) is 0.474. The summed E-state index contributed by atoms with van der Waals surface area (Å²) in [7, 11) is 0. The second kappa shape index (κ2) is 8.23. The van der Waals surface area contributed by atoms with Crippen molar-refractivity contribution in [1.82, 2.24) is 10.3 Å². The van der Waals surface area contributed by atoms with E-state index in [1.54, 1.807) is 6.20 Å². The predicted molar refractivity (Wildman–Crippen MR) is 99.5 cm³/mol. The molecule has 7 heteroatoms. The monoisotopic (exact) mass is 361 g/mol. The zero-order chi connectivity index (χ0) is 19.3. The number of ether oxygens (including phenoxy) is 1. The summed E-state index contributed by atoms with van der Waals surface area (Å²) in [5.74, 6) is -0.407. The fourth-order valence-electron chi connectivity index (χ4n) is 3.00. The first-order valence-electron chi connectivity index (χ1n) is 8.76. The Bertz CT molecular complexity index is 773. The number of nitrogens with two attached hydrogens (primary N) is 1. The van der Waals surface area contributed by atoms with Crippen LogP contribution >= 0.6 is 0 Å². The van der Waals surface area contributed by atoms with E-state index in [9.17, 15) is 14.7 Å². The molecule has 2 rings (SSSR count). The van der Waals surface area contributed by atoms with E-state index in [0.29, 0.717) is 0 Å². The molecule has 7 nitrogen and oxygen atoms in total. The second-order valence-electron chi connectivity index (χ2n) is 6.84. The van der Waals surface area contributed by atoms with Gasteiger partial charge in [-0.2, -0.15) is 0 Å². The highest BCUT2D eigenvalue weighted by Gasteiger charge is 2.39. The van der Waals surface area contributed by atoms with Crippen molar-refractivity contribution in [2.75, 3.05) is 6.61 Å². The molecule has 1 aromatic carbocycles. The molecular weight excluding hydrogens is 334 g/mol. The van der Waals surface area contributed by atoms with Crippen molar-refractivity contribution in [3.63, 3.8) is 0 Å². The summed E-state index contributed by atoms with van der Waals surface area (Å²) < 4.78 is 5.21. The Hall–Kier alpha value is -2.54. The molecule has 3 atom stereocenters. The van der Waals surface area contributed by atoms with Crippen LogP contribution in [0.25, 0.3) is 10.9 Å². The number of para-hydroxylation sites is 1. The number of aliphatic hydroxyl groups is 1. The van der Waals surface area contributed by atoms with E-state index >= 15 is 0 Å². The number of carbonyl (C=O) groups excluding carboxylic acids is 2. The van der Waals surface area contributed by atoms with Crippen molar-refractivity contribution in [1.29, 1.82) is 0 Å². The van der Waals surface area contributed by atoms with Gasteiger partial charge in [0.25, 0.3) is 5.91 Å². The Morgan fingerprint density at radius 2 is 2.08 bits per heavy atom. The average molecular weight is 361 g/mol. The molecule has 2 amide bonds. The van der Waals surface area contributed by atoms with Crippen LogP contribution in [0.5, 0.6) is 0 Å². The van der Waals surface area contributed by atoms with Gasteiger partial charge in [-0.15, -0.1) is 0 Å². The molecule has 0 saturated heterocycles. The van der Waals surface area contributed by atoms with E-state index < -0.39 is 23.6 Å². The van der Waals surface area contributed by atoms with E-state index in [1.807, 2.05) is 38.1 Å². The van der Waals surface area contributed by atoms with Gasteiger partial charge < -0.3 is 25.9 Å². The number of fused-ring (bicyclic) bond motifs is 1. The maximum Gasteiger partial charge on any atom is 0.405 e. The number of aromatic nitrogens is 1. The van der Waals surface area contributed by atoms with Crippen molar-refractivity contribution in [2.24, 2.45) is 11.7 Å². The highest BCUT2D eigenvalue weighted by molar-refractivity contribution is 5.89. The molecule has 3 unspecified atom stereocenters. The van der Waals surface area contributed by atoms with E-state index in [-0.39, 0.29) is 18.9 Å². The van der Waals surface area contributed by atoms with Crippen LogP contribution in [0.2, 0.25) is 0 Å². The maximum atomic E-state index is 12.9. The minimum Gasteiger partial charge on any atom is -0.433 e. The van der Waals surface area contributed by atoms with E-state index in [0.717, 1.165) is 22.9 Å². The van der Waals surface area contributed by atoms with Gasteiger partial charge in [0.1, 0.15) is 0 Å². The molecule has 0 saturated carbocycles. The third-order valence-electron chi connectivity index (χ3n) is 4.85. The SMILES string of the molecule is CCC(C)C(CO)NC(=O)C(C)(Cc1c[nH]c2ccccc12)OC(N)=O. The van der Waals surface area contributed by atoms with Crippen molar-refractivity contribution in [3.8, 4) is 0 Å². The molecule has 2 aromatic rings. The first-order chi connectivity index (χ1) is 12.3. The predicted octanol–water partition coefficient (Wildman–Crippen LogP) is 2.09. The van der Waals surface area contributed by atoms with Gasteiger partial charge in [-0.05, 0) is 24.5 Å². The Morgan fingerprint density at radius 1 is 1.38 bits per heavy atom. The summed E-state index contributed by atoms with van der Waals surface area (Å²) in [6.07, 6.45) is 1.72. The summed E-state index contributed by atoms with van der Waals surface area (Å²) >= 11 is 0. The number of hydrogen-bond donors (Lipinski definition) is 4. The van der Waals surface area contributed by atoms with Gasteiger partial charge in [0.2, 0.25) is 0 Å². The van der Waals surface area contributed by atoms with E-state index in [4.69, 9.17) is 10.5 Å². The number of rotatable bonds is 8. The summed E-state index contributed by atoms with van der Waals surface area (Å²) in [5.41, 5.74) is 5.49. The van der Waals surface area contributed by atoms with Crippen molar-refractivity contribution < 1.29 is 19.4 Å². The lowest BCUT2D eigenvalue weighted by atomic mass is 9.93. The molecule has 1 heterocycles. The number of benzene rings is 1. The van der Waals surface area contributed by atoms with Crippen LogP contribution in [0.15, 0.2) is 30.5 Å². The van der Waals surface area contributed by atoms with E-state index in [2.05, 4.69) is 10.3 Å². The largest absolute Gasteiger partial charge is 0.433 e. The van der Waals surface area contributed by atoms with Gasteiger partial charge >= 0.3 is 6.09 Å². The smallest absolute Gasteiger partial charge is 0.405 e. The van der Waals surface area contributed by atoms with E-state index in [1.165, 1.54) is 6.92 Å². The molecule has 0 aliphatic carbocycles. The Kier molecular flexibility index (Phi) is 6.26. The number of carbonyl (C=O) groups is 2. The van der Waals surface area contributed by atoms with Crippen LogP contribution in [0, 0.1) is 5.92 Å². The fourth-order valence-corrected chi connectivity index (χ4v) is 3.00. The first kappa shape index (κ1) is 19.8. The van der Waals surface area contributed by atoms with Crippen LogP contribution in [-0.4, -0.2) is 40.3 Å². The molecule has 142 valence electrons. The Morgan fingerprint density at radius 3 is 2.69 bits per heavy atom. The Labute approximate surface area is 152 Å². The van der Waals surface area contributed by atoms with Crippen LogP contribution in [0.1, 0.15) is 32.8 Å². The van der Waals surface area contributed by atoms with Crippen LogP contribution in [-0.2, 0) is 16.0 Å². The lowest BCUT2D eigenvalue weighted by molar-refractivity contribution is -0.139. The summed E-state index contributed by atoms with van der Waals surface area (Å²) in [4.78, 5) is 27.4. The Balaban J connectivity index is 2.29. The number of aromatic amines is 1. The third-order valence-corrected chi connectivity index (χ3v) is 4.85. The van der Waals surface area contributed by atoms with Crippen LogP contribution in [0.3, 0.4) is 0 Å². The van der Waals surface area contributed by atoms with Gasteiger partial charge in [0, 0.05) is 23.5 Å². The second-order valence-corrected chi connectivity index (χ2v) is 6.84. The van der Waals surface area contributed by atoms with Crippen molar-refractivity contribution in [3.05, 3.63) is 36.0 Å². The molecule has 0 aliphatic heterocycles. The molecule has 0 aliphatic rings. The topological polar surface area (TPSA) is 117 Å². The lowest BCUT2D eigenvalue weighted by Gasteiger charge is -2.31. The molecule has 0 fully saturated rings. The number of aliphatic hydroxyl groups excluding tert-OH is 1. The first-order valence-corrected chi connectivity index (χ1v) is 8.76. The number of H-pyrrole nitrogens is 1. The zero-order valence-corrected chi connectivity index (χ0v) is 15.4. The molecular formula is C19H27N3O4. The van der Waals surface area contributed by atoms with Crippen molar-refractivity contribution in [2.45, 2.75) is 45.3 Å². The summed E-state index contributed by atoms with van der Waals surface area (Å²) in [5, 5.41) is 13.3. The third kappa shape index (κ3) is 4.35. The van der Waals surface area contributed by atoms with Crippen LogP contribution < -0.4 is 11.1 Å². The maximum absolute atomic E-state index is 12.9. The highest BCUT2D eigenvalue weighted by atomic mass is 16.6. The van der Waals surface area contributed by atoms with Gasteiger partial charge in [-0.3, -0.25) is 4.79 Å². The minimum absolute atomic E-state index is 0.0786. The standard InChI is InChI=1S/C19H27N3O4/c1-4-12(2)16(11-23)22-17(24)19(3,26-18(20)25)9-13-10-21-15-8-6-5-7-14(13)15/h5-8,10,12,16,21,23H,4,9,11H2,1-3H3,(H2,20,25)(H,22,24). The van der Waals surface area contributed by atoms with Gasteiger partial charge in [-0.25, -0.2) is 4.79 Å². The van der Waals surface area contributed by atoms with Crippen LogP contribution in [0.4, 0.5) is 4.79 Å². The normalized spacial score (nSPS) is 15.8. The number of nitrogens with one attached hydrogen (secondary N) is 2. The molecule has 0 spiro atoms. The molecule has 1 aromatic heterocycles. The molecule has 0 bridgehead atoms. The number of primary amides is 1. The van der Waals surface area contributed by atoms with Gasteiger partial charge in [-0.1, -0.05) is 38.5 Å². The average Bonchev–Trinajstić information content (AvgIpc) is 3.00. The molecule has 5 N–H and O–H groups in total. The highest BCUT2D eigenvalue weighted by Crippen LogP contribution is 2.25. The quantitative estimate of drug-likeness (QED) is 0.576.